The first-order valence-electron chi connectivity index (χ1n) is 8.71. The Morgan fingerprint density at radius 1 is 1.14 bits per heavy atom. The van der Waals surface area contributed by atoms with Crippen molar-refractivity contribution < 1.29 is 18.0 Å². The van der Waals surface area contributed by atoms with E-state index in [1.165, 1.54) is 12.1 Å². The second-order valence-electron chi connectivity index (χ2n) is 6.66. The van der Waals surface area contributed by atoms with E-state index in [1.54, 1.807) is 11.8 Å². The molecule has 1 aliphatic rings. The van der Waals surface area contributed by atoms with E-state index in [1.807, 2.05) is 24.3 Å². The first kappa shape index (κ1) is 18.6. The molecule has 0 bridgehead atoms. The molecule has 0 aliphatic carbocycles. The van der Waals surface area contributed by atoms with Crippen LogP contribution in [0, 0.1) is 6.92 Å². The van der Waals surface area contributed by atoms with Crippen LogP contribution in [0.1, 0.15) is 43.7 Å². The number of alkyl halides is 3. The number of hydrogen-bond acceptors (Lipinski definition) is 4. The monoisotopic (exact) mass is 403 g/mol. The number of amides is 1. The Balaban J connectivity index is 1.79. The fourth-order valence-corrected chi connectivity index (χ4v) is 4.17. The maximum atomic E-state index is 13.2. The van der Waals surface area contributed by atoms with E-state index >= 15 is 0 Å². The highest BCUT2D eigenvalue weighted by molar-refractivity contribution is 7.07. The van der Waals surface area contributed by atoms with Gasteiger partial charge in [0, 0.05) is 6.54 Å². The summed E-state index contributed by atoms with van der Waals surface area (Å²) in [6.07, 6.45) is -3.71. The summed E-state index contributed by atoms with van der Waals surface area (Å²) in [6, 6.07) is 12.3. The molecule has 1 atom stereocenters. The topological polar surface area (TPSA) is 46.1 Å². The number of fused-ring (bicyclic) bond motifs is 1. The van der Waals surface area contributed by atoms with Gasteiger partial charge < -0.3 is 4.90 Å². The summed E-state index contributed by atoms with van der Waals surface area (Å²) in [7, 11) is 0. The van der Waals surface area contributed by atoms with E-state index in [9.17, 15) is 18.0 Å². The molecule has 28 heavy (non-hydrogen) atoms. The van der Waals surface area contributed by atoms with Gasteiger partial charge in [0.05, 0.1) is 17.3 Å². The van der Waals surface area contributed by atoms with E-state index in [2.05, 4.69) is 9.59 Å². The minimum Gasteiger partial charge on any atom is -0.326 e. The minimum absolute atomic E-state index is 0.202. The summed E-state index contributed by atoms with van der Waals surface area (Å²) < 4.78 is 42.7. The summed E-state index contributed by atoms with van der Waals surface area (Å²) >= 11 is 1.03. The van der Waals surface area contributed by atoms with Gasteiger partial charge in [-0.05, 0) is 53.7 Å². The first-order valence-corrected chi connectivity index (χ1v) is 9.48. The summed E-state index contributed by atoms with van der Waals surface area (Å²) in [5, 5.41) is 3.91. The number of carbonyl (C=O) groups excluding carboxylic acids is 1. The average molecular weight is 403 g/mol. The lowest BCUT2D eigenvalue weighted by Crippen LogP contribution is -2.40. The molecule has 0 fully saturated rings. The van der Waals surface area contributed by atoms with Crippen LogP contribution in [0.2, 0.25) is 0 Å². The van der Waals surface area contributed by atoms with E-state index in [0.29, 0.717) is 29.1 Å². The lowest BCUT2D eigenvalue weighted by molar-refractivity contribution is -0.137. The SMILES string of the molecule is Cc1nnsc1C(=O)N1CCc2ccccc2[C@H]1c1ccc(C(F)(F)F)cc1. The lowest BCUT2D eigenvalue weighted by Gasteiger charge is -2.37. The molecule has 0 saturated heterocycles. The summed E-state index contributed by atoms with van der Waals surface area (Å²) in [5.41, 5.74) is 2.51. The van der Waals surface area contributed by atoms with Crippen molar-refractivity contribution in [1.82, 2.24) is 14.5 Å². The largest absolute Gasteiger partial charge is 0.416 e. The van der Waals surface area contributed by atoms with Crippen LogP contribution >= 0.6 is 11.5 Å². The fourth-order valence-electron chi connectivity index (χ4n) is 3.56. The van der Waals surface area contributed by atoms with Crippen molar-refractivity contribution in [1.29, 1.82) is 0 Å². The van der Waals surface area contributed by atoms with Crippen LogP contribution in [0.3, 0.4) is 0 Å². The number of hydrogen-bond donors (Lipinski definition) is 0. The van der Waals surface area contributed by atoms with Crippen molar-refractivity contribution in [2.45, 2.75) is 25.6 Å². The Hall–Kier alpha value is -2.74. The van der Waals surface area contributed by atoms with E-state index < -0.39 is 17.8 Å². The molecule has 4 nitrogen and oxygen atoms in total. The number of aromatic nitrogens is 2. The molecule has 8 heteroatoms. The molecule has 4 rings (SSSR count). The second-order valence-corrected chi connectivity index (χ2v) is 7.41. The Labute approximate surface area is 163 Å². The Morgan fingerprint density at radius 2 is 1.86 bits per heavy atom. The van der Waals surface area contributed by atoms with Gasteiger partial charge in [-0.1, -0.05) is 40.9 Å². The molecule has 1 amide bonds. The molecule has 0 N–H and O–H groups in total. The van der Waals surface area contributed by atoms with Gasteiger partial charge in [-0.2, -0.15) is 13.2 Å². The normalized spacial score (nSPS) is 16.7. The standard InChI is InChI=1S/C20H16F3N3OS/c1-12-18(28-25-24-12)19(27)26-11-10-13-4-2-3-5-16(13)17(26)14-6-8-15(9-7-14)20(21,22)23/h2-9,17H,10-11H2,1H3/t17-/m1/s1. The molecule has 3 aromatic rings. The molecular weight excluding hydrogens is 387 g/mol. The van der Waals surface area contributed by atoms with Crippen LogP contribution in [0.25, 0.3) is 0 Å². The molecule has 1 aliphatic heterocycles. The van der Waals surface area contributed by atoms with Gasteiger partial charge in [-0.25, -0.2) is 0 Å². The maximum Gasteiger partial charge on any atom is 0.416 e. The van der Waals surface area contributed by atoms with Crippen molar-refractivity contribution in [3.63, 3.8) is 0 Å². The Morgan fingerprint density at radius 3 is 2.50 bits per heavy atom. The predicted molar refractivity (Wildman–Crippen MR) is 99.1 cm³/mol. The van der Waals surface area contributed by atoms with Crippen LogP contribution in [0.5, 0.6) is 0 Å². The zero-order chi connectivity index (χ0) is 19.9. The van der Waals surface area contributed by atoms with E-state index in [0.717, 1.165) is 34.8 Å². The molecule has 0 spiro atoms. The highest BCUT2D eigenvalue weighted by atomic mass is 32.1. The number of carbonyl (C=O) groups is 1. The molecule has 0 unspecified atom stereocenters. The van der Waals surface area contributed by atoms with Crippen LogP contribution in [0.15, 0.2) is 48.5 Å². The third kappa shape index (κ3) is 3.28. The van der Waals surface area contributed by atoms with Crippen LogP contribution < -0.4 is 0 Å². The van der Waals surface area contributed by atoms with Crippen molar-refractivity contribution in [2.24, 2.45) is 0 Å². The number of aryl methyl sites for hydroxylation is 1. The van der Waals surface area contributed by atoms with Gasteiger partial charge in [-0.3, -0.25) is 4.79 Å². The van der Waals surface area contributed by atoms with Crippen molar-refractivity contribution >= 4 is 17.4 Å². The van der Waals surface area contributed by atoms with Crippen molar-refractivity contribution in [3.05, 3.63) is 81.4 Å². The number of rotatable bonds is 2. The van der Waals surface area contributed by atoms with Gasteiger partial charge in [0.15, 0.2) is 0 Å². The van der Waals surface area contributed by atoms with Gasteiger partial charge in [0.25, 0.3) is 5.91 Å². The molecule has 2 aromatic carbocycles. The lowest BCUT2D eigenvalue weighted by atomic mass is 9.87. The molecule has 0 saturated carbocycles. The molecule has 144 valence electrons. The second kappa shape index (κ2) is 7.01. The third-order valence-corrected chi connectivity index (χ3v) is 5.76. The van der Waals surface area contributed by atoms with Gasteiger partial charge in [-0.15, -0.1) is 5.10 Å². The highest BCUT2D eigenvalue weighted by Gasteiger charge is 2.35. The molecule has 0 radical (unpaired) electrons. The summed E-state index contributed by atoms with van der Waals surface area (Å²) in [5.74, 6) is -0.202. The quantitative estimate of drug-likeness (QED) is 0.626. The summed E-state index contributed by atoms with van der Waals surface area (Å²) in [6.45, 7) is 2.20. The predicted octanol–water partition coefficient (Wildman–Crippen LogP) is 4.65. The third-order valence-electron chi connectivity index (χ3n) is 4.94. The number of nitrogens with zero attached hydrogens (tertiary/aromatic N) is 3. The van der Waals surface area contributed by atoms with Gasteiger partial charge in [0.2, 0.25) is 0 Å². The maximum absolute atomic E-state index is 13.2. The molecule has 2 heterocycles. The molecular formula is C20H16F3N3OS. The highest BCUT2D eigenvalue weighted by Crippen LogP contribution is 2.38. The number of benzene rings is 2. The molecule has 1 aromatic heterocycles. The van der Waals surface area contributed by atoms with E-state index in [-0.39, 0.29) is 5.91 Å². The summed E-state index contributed by atoms with van der Waals surface area (Å²) in [4.78, 5) is 15.3. The van der Waals surface area contributed by atoms with Crippen LogP contribution in [0.4, 0.5) is 13.2 Å². The van der Waals surface area contributed by atoms with Crippen molar-refractivity contribution in [2.75, 3.05) is 6.54 Å². The van der Waals surface area contributed by atoms with Gasteiger partial charge in [0.1, 0.15) is 4.88 Å². The van der Waals surface area contributed by atoms with Gasteiger partial charge >= 0.3 is 6.18 Å². The zero-order valence-electron chi connectivity index (χ0n) is 14.9. The minimum atomic E-state index is -4.40. The zero-order valence-corrected chi connectivity index (χ0v) is 15.7. The number of halogens is 3. The van der Waals surface area contributed by atoms with Crippen LogP contribution in [-0.2, 0) is 12.6 Å². The smallest absolute Gasteiger partial charge is 0.326 e. The van der Waals surface area contributed by atoms with Crippen LogP contribution in [-0.4, -0.2) is 26.9 Å². The Kier molecular flexibility index (Phi) is 4.66. The van der Waals surface area contributed by atoms with Crippen molar-refractivity contribution in [3.8, 4) is 0 Å². The Bertz CT molecular complexity index is 1010. The first-order chi connectivity index (χ1) is 13.4. The average Bonchev–Trinajstić information content (AvgIpc) is 3.12. The van der Waals surface area contributed by atoms with E-state index in [4.69, 9.17) is 0 Å². The fraction of sp³-hybridized carbons (Fsp3) is 0.250.